The fourth-order valence-corrected chi connectivity index (χ4v) is 1.43. The Morgan fingerprint density at radius 2 is 2.00 bits per heavy atom. The molecular formula is C12H14FNO7. The highest BCUT2D eigenvalue weighted by atomic mass is 19.1. The summed E-state index contributed by atoms with van der Waals surface area (Å²) in [6.45, 7) is 0.845. The number of carboxylic acids is 1. The maximum Gasteiger partial charge on any atom is 0.342 e. The van der Waals surface area contributed by atoms with Gasteiger partial charge in [0.25, 0.3) is 5.69 Å². The van der Waals surface area contributed by atoms with Gasteiger partial charge in [0.1, 0.15) is 12.2 Å². The van der Waals surface area contributed by atoms with Gasteiger partial charge in [-0.2, -0.15) is 0 Å². The van der Waals surface area contributed by atoms with Crippen molar-refractivity contribution in [2.24, 2.45) is 0 Å². The number of rotatable bonds is 9. The lowest BCUT2D eigenvalue weighted by Crippen LogP contribution is -2.11. The number of halogens is 1. The van der Waals surface area contributed by atoms with E-state index >= 15 is 0 Å². The van der Waals surface area contributed by atoms with Crippen LogP contribution in [0.4, 0.5) is 10.1 Å². The van der Waals surface area contributed by atoms with Crippen LogP contribution in [0.25, 0.3) is 0 Å². The predicted molar refractivity (Wildman–Crippen MR) is 68.2 cm³/mol. The molecule has 0 radical (unpaired) electrons. The number of ether oxygens (including phenoxy) is 3. The van der Waals surface area contributed by atoms with Gasteiger partial charge in [-0.3, -0.25) is 10.1 Å². The zero-order chi connectivity index (χ0) is 15.8. The van der Waals surface area contributed by atoms with Crippen molar-refractivity contribution in [2.75, 3.05) is 33.5 Å². The molecule has 1 rings (SSSR count). The lowest BCUT2D eigenvalue weighted by atomic mass is 10.1. The summed E-state index contributed by atoms with van der Waals surface area (Å²) in [5.74, 6) is -2.93. The van der Waals surface area contributed by atoms with Crippen molar-refractivity contribution in [2.45, 2.75) is 0 Å². The predicted octanol–water partition coefficient (Wildman–Crippen LogP) is 1.47. The highest BCUT2D eigenvalue weighted by Gasteiger charge is 2.23. The fraction of sp³-hybridized carbons (Fsp3) is 0.417. The van der Waals surface area contributed by atoms with Crippen LogP contribution in [0.3, 0.4) is 0 Å². The van der Waals surface area contributed by atoms with Crippen molar-refractivity contribution in [1.82, 2.24) is 0 Å². The van der Waals surface area contributed by atoms with Crippen LogP contribution in [0, 0.1) is 15.9 Å². The van der Waals surface area contributed by atoms with Crippen LogP contribution in [-0.2, 0) is 9.47 Å². The minimum Gasteiger partial charge on any atom is -0.488 e. The maximum atomic E-state index is 13.6. The van der Waals surface area contributed by atoms with Gasteiger partial charge in [-0.1, -0.05) is 0 Å². The van der Waals surface area contributed by atoms with E-state index in [4.69, 9.17) is 19.3 Å². The first-order valence-electron chi connectivity index (χ1n) is 5.88. The number of carboxylic acid groups (broad SMARTS) is 1. The summed E-state index contributed by atoms with van der Waals surface area (Å²) in [5, 5.41) is 19.5. The van der Waals surface area contributed by atoms with Gasteiger partial charge in [-0.25, -0.2) is 9.18 Å². The molecular weight excluding hydrogens is 289 g/mol. The Morgan fingerprint density at radius 3 is 2.57 bits per heavy atom. The number of nitro benzene ring substituents is 1. The molecule has 8 nitrogen and oxygen atoms in total. The van der Waals surface area contributed by atoms with Gasteiger partial charge >= 0.3 is 5.97 Å². The Hall–Kier alpha value is -2.26. The first-order valence-corrected chi connectivity index (χ1v) is 5.88. The number of carbonyl (C=O) groups is 1. The molecule has 0 spiro atoms. The Morgan fingerprint density at radius 1 is 1.33 bits per heavy atom. The monoisotopic (exact) mass is 303 g/mol. The molecule has 0 aliphatic heterocycles. The molecule has 116 valence electrons. The molecule has 0 atom stereocenters. The van der Waals surface area contributed by atoms with Gasteiger partial charge in [0, 0.05) is 13.2 Å². The van der Waals surface area contributed by atoms with Crippen LogP contribution < -0.4 is 4.74 Å². The number of hydrogen-bond donors (Lipinski definition) is 1. The van der Waals surface area contributed by atoms with Gasteiger partial charge in [-0.15, -0.1) is 0 Å². The van der Waals surface area contributed by atoms with Crippen molar-refractivity contribution >= 4 is 11.7 Å². The second kappa shape index (κ2) is 8.12. The van der Waals surface area contributed by atoms with Crippen molar-refractivity contribution in [3.63, 3.8) is 0 Å². The van der Waals surface area contributed by atoms with Crippen LogP contribution in [-0.4, -0.2) is 49.5 Å². The van der Waals surface area contributed by atoms with Crippen molar-refractivity contribution in [3.8, 4) is 5.75 Å². The van der Waals surface area contributed by atoms with Crippen molar-refractivity contribution < 1.29 is 33.4 Å². The summed E-state index contributed by atoms with van der Waals surface area (Å²) in [7, 11) is 1.51. The van der Waals surface area contributed by atoms with E-state index in [0.717, 1.165) is 6.07 Å². The standard InChI is InChI=1S/C12H14FNO7/c1-19-2-3-20-4-5-21-11-6-8(12(15)16)10(14(17)18)7-9(11)13/h6-7H,2-5H2,1H3,(H,15,16). The molecule has 0 fully saturated rings. The fourth-order valence-electron chi connectivity index (χ4n) is 1.43. The first kappa shape index (κ1) is 16.8. The summed E-state index contributed by atoms with van der Waals surface area (Å²) >= 11 is 0. The third-order valence-electron chi connectivity index (χ3n) is 2.39. The zero-order valence-corrected chi connectivity index (χ0v) is 11.2. The summed E-state index contributed by atoms with van der Waals surface area (Å²) < 4.78 is 28.4. The Bertz CT molecular complexity index is 521. The molecule has 9 heteroatoms. The number of nitrogens with zero attached hydrogens (tertiary/aromatic N) is 1. The van der Waals surface area contributed by atoms with E-state index in [9.17, 15) is 19.3 Å². The number of benzene rings is 1. The molecule has 0 amide bonds. The molecule has 0 bridgehead atoms. The van der Waals surface area contributed by atoms with E-state index in [0.29, 0.717) is 19.3 Å². The molecule has 0 saturated carbocycles. The SMILES string of the molecule is COCCOCCOc1cc(C(=O)O)c([N+](=O)[O-])cc1F. The van der Waals surface area contributed by atoms with Gasteiger partial charge < -0.3 is 19.3 Å². The van der Waals surface area contributed by atoms with E-state index in [1.165, 1.54) is 7.11 Å². The second-order valence-corrected chi connectivity index (χ2v) is 3.82. The maximum absolute atomic E-state index is 13.6. The summed E-state index contributed by atoms with van der Waals surface area (Å²) in [6, 6.07) is 1.30. The van der Waals surface area contributed by atoms with E-state index in [-0.39, 0.29) is 19.0 Å². The van der Waals surface area contributed by atoms with Crippen molar-refractivity contribution in [3.05, 3.63) is 33.6 Å². The van der Waals surface area contributed by atoms with E-state index < -0.39 is 28.0 Å². The lowest BCUT2D eigenvalue weighted by molar-refractivity contribution is -0.385. The van der Waals surface area contributed by atoms with Gasteiger partial charge in [0.2, 0.25) is 0 Å². The molecule has 0 aromatic heterocycles. The number of hydrogen-bond acceptors (Lipinski definition) is 6. The largest absolute Gasteiger partial charge is 0.488 e. The normalized spacial score (nSPS) is 10.4. The Labute approximate surface area is 119 Å². The topological polar surface area (TPSA) is 108 Å². The molecule has 0 aliphatic rings. The average molecular weight is 303 g/mol. The van der Waals surface area contributed by atoms with Crippen LogP contribution >= 0.6 is 0 Å². The molecule has 21 heavy (non-hydrogen) atoms. The Kier molecular flexibility index (Phi) is 6.50. The number of nitro groups is 1. The first-order chi connectivity index (χ1) is 9.97. The van der Waals surface area contributed by atoms with Gasteiger partial charge in [-0.05, 0) is 0 Å². The minimum absolute atomic E-state index is 0.0303. The van der Waals surface area contributed by atoms with E-state index in [1.807, 2.05) is 0 Å². The summed E-state index contributed by atoms with van der Waals surface area (Å²) in [5.41, 5.74) is -1.47. The highest BCUT2D eigenvalue weighted by Crippen LogP contribution is 2.27. The van der Waals surface area contributed by atoms with Gasteiger partial charge in [0.05, 0.1) is 30.8 Å². The second-order valence-electron chi connectivity index (χ2n) is 3.82. The van der Waals surface area contributed by atoms with Crippen LogP contribution in [0.1, 0.15) is 10.4 Å². The zero-order valence-electron chi connectivity index (χ0n) is 11.2. The molecule has 0 aliphatic carbocycles. The highest BCUT2D eigenvalue weighted by molar-refractivity contribution is 5.92. The summed E-state index contributed by atoms with van der Waals surface area (Å²) in [6.07, 6.45) is 0. The lowest BCUT2D eigenvalue weighted by Gasteiger charge is -2.09. The van der Waals surface area contributed by atoms with E-state index in [1.54, 1.807) is 0 Å². The third-order valence-corrected chi connectivity index (χ3v) is 2.39. The molecule has 1 aromatic carbocycles. The number of methoxy groups -OCH3 is 1. The molecule has 1 N–H and O–H groups in total. The number of aromatic carboxylic acids is 1. The molecule has 0 unspecified atom stereocenters. The van der Waals surface area contributed by atoms with Crippen LogP contribution in [0.15, 0.2) is 12.1 Å². The minimum atomic E-state index is -1.54. The van der Waals surface area contributed by atoms with Gasteiger partial charge in [0.15, 0.2) is 11.6 Å². The average Bonchev–Trinajstić information content (AvgIpc) is 2.43. The Balaban J connectivity index is 2.72. The molecule has 0 saturated heterocycles. The summed E-state index contributed by atoms with van der Waals surface area (Å²) in [4.78, 5) is 20.6. The van der Waals surface area contributed by atoms with Crippen LogP contribution in [0.5, 0.6) is 5.75 Å². The quantitative estimate of drug-likeness (QED) is 0.418. The van der Waals surface area contributed by atoms with E-state index in [2.05, 4.69) is 0 Å². The smallest absolute Gasteiger partial charge is 0.342 e. The van der Waals surface area contributed by atoms with Crippen LogP contribution in [0.2, 0.25) is 0 Å². The molecule has 1 aromatic rings. The third kappa shape index (κ3) is 4.97. The molecule has 0 heterocycles. The van der Waals surface area contributed by atoms with Crippen molar-refractivity contribution in [1.29, 1.82) is 0 Å².